The molecule has 0 aromatic heterocycles. The van der Waals surface area contributed by atoms with Gasteiger partial charge in [-0.15, -0.1) is 11.8 Å². The molecule has 0 radical (unpaired) electrons. The van der Waals surface area contributed by atoms with Crippen LogP contribution in [0.3, 0.4) is 0 Å². The van der Waals surface area contributed by atoms with Gasteiger partial charge in [0.05, 0.1) is 5.25 Å². The van der Waals surface area contributed by atoms with Gasteiger partial charge in [-0.25, -0.2) is 0 Å². The molecule has 1 aliphatic heterocycles. The fraction of sp³-hybridized carbons (Fsp3) is 0.316. The highest BCUT2D eigenvalue weighted by atomic mass is 32.2. The number of nitrogens with one attached hydrogen (secondary N) is 2. The highest BCUT2D eigenvalue weighted by Gasteiger charge is 2.18. The molecule has 23 heavy (non-hydrogen) atoms. The summed E-state index contributed by atoms with van der Waals surface area (Å²) in [5.74, 6) is 0.111. The van der Waals surface area contributed by atoms with Crippen molar-refractivity contribution in [2.45, 2.75) is 43.1 Å². The molecule has 0 fully saturated rings. The van der Waals surface area contributed by atoms with E-state index in [1.54, 1.807) is 11.8 Å². The van der Waals surface area contributed by atoms with Crippen molar-refractivity contribution in [1.82, 2.24) is 10.6 Å². The summed E-state index contributed by atoms with van der Waals surface area (Å²) in [4.78, 5) is 13.6. The Labute approximate surface area is 141 Å². The van der Waals surface area contributed by atoms with E-state index < -0.39 is 0 Å². The van der Waals surface area contributed by atoms with E-state index in [4.69, 9.17) is 0 Å². The van der Waals surface area contributed by atoms with E-state index in [9.17, 15) is 4.79 Å². The lowest BCUT2D eigenvalue weighted by atomic mass is 10.1. The molecule has 3 nitrogen and oxygen atoms in total. The van der Waals surface area contributed by atoms with Crippen LogP contribution in [0.5, 0.6) is 0 Å². The number of hydrogen-bond donors (Lipinski definition) is 2. The second kappa shape index (κ2) is 7.66. The van der Waals surface area contributed by atoms with Crippen LogP contribution in [0.15, 0.2) is 53.4 Å². The lowest BCUT2D eigenvalue weighted by molar-refractivity contribution is -0.120. The van der Waals surface area contributed by atoms with Gasteiger partial charge in [0.1, 0.15) is 0 Å². The molecule has 1 unspecified atom stereocenters. The van der Waals surface area contributed by atoms with Crippen molar-refractivity contribution in [2.24, 2.45) is 0 Å². The van der Waals surface area contributed by atoms with E-state index in [2.05, 4.69) is 35.8 Å². The van der Waals surface area contributed by atoms with Crippen molar-refractivity contribution in [3.05, 3.63) is 65.2 Å². The molecule has 2 aromatic rings. The van der Waals surface area contributed by atoms with Crippen LogP contribution in [0.25, 0.3) is 0 Å². The van der Waals surface area contributed by atoms with Gasteiger partial charge in [-0.05, 0) is 35.2 Å². The summed E-state index contributed by atoms with van der Waals surface area (Å²) in [6.07, 6.45) is 0.819. The van der Waals surface area contributed by atoms with E-state index in [1.165, 1.54) is 16.7 Å². The number of hydrogen-bond acceptors (Lipinski definition) is 3. The van der Waals surface area contributed by atoms with E-state index >= 15 is 0 Å². The van der Waals surface area contributed by atoms with Gasteiger partial charge in [0.2, 0.25) is 5.91 Å². The first-order chi connectivity index (χ1) is 11.3. The highest BCUT2D eigenvalue weighted by Crippen LogP contribution is 2.25. The quantitative estimate of drug-likeness (QED) is 0.799. The van der Waals surface area contributed by atoms with Crippen LogP contribution in [0, 0.1) is 0 Å². The third-order valence-electron chi connectivity index (χ3n) is 4.05. The van der Waals surface area contributed by atoms with Crippen LogP contribution in [-0.2, 0) is 24.4 Å². The Morgan fingerprint density at radius 3 is 2.74 bits per heavy atom. The molecule has 1 heterocycles. The zero-order valence-electron chi connectivity index (χ0n) is 13.3. The Morgan fingerprint density at radius 2 is 1.96 bits per heavy atom. The molecule has 0 spiro atoms. The summed E-state index contributed by atoms with van der Waals surface area (Å²) in [5.41, 5.74) is 3.88. The minimum absolute atomic E-state index is 0.0477. The summed E-state index contributed by atoms with van der Waals surface area (Å²) < 4.78 is 0. The summed E-state index contributed by atoms with van der Waals surface area (Å²) in [5, 5.41) is 6.38. The van der Waals surface area contributed by atoms with Crippen LogP contribution in [0.4, 0.5) is 0 Å². The largest absolute Gasteiger partial charge is 0.351 e. The number of thioether (sulfide) groups is 1. The van der Waals surface area contributed by atoms with Crippen LogP contribution >= 0.6 is 11.8 Å². The molecule has 0 saturated carbocycles. The zero-order valence-corrected chi connectivity index (χ0v) is 14.2. The fourth-order valence-electron chi connectivity index (χ4n) is 2.75. The first-order valence-corrected chi connectivity index (χ1v) is 8.95. The monoisotopic (exact) mass is 326 g/mol. The molecule has 120 valence electrons. The highest BCUT2D eigenvalue weighted by molar-refractivity contribution is 8.00. The lowest BCUT2D eigenvalue weighted by Crippen LogP contribution is -2.31. The number of rotatable bonds is 6. The fourth-order valence-corrected chi connectivity index (χ4v) is 3.75. The van der Waals surface area contributed by atoms with E-state index in [-0.39, 0.29) is 11.2 Å². The van der Waals surface area contributed by atoms with E-state index in [0.717, 1.165) is 24.4 Å². The van der Waals surface area contributed by atoms with Gasteiger partial charge in [-0.2, -0.15) is 0 Å². The molecule has 0 saturated heterocycles. The lowest BCUT2D eigenvalue weighted by Gasteiger charge is -2.15. The van der Waals surface area contributed by atoms with E-state index in [0.29, 0.717) is 6.54 Å². The number of benzene rings is 2. The smallest absolute Gasteiger partial charge is 0.233 e. The Kier molecular flexibility index (Phi) is 5.36. The SMILES string of the molecule is CCC(Sc1ccccc1)C(=O)NCc1ccc2c(c1)CNC2. The molecular weight excluding hydrogens is 304 g/mol. The molecule has 2 aromatic carbocycles. The van der Waals surface area contributed by atoms with Crippen molar-refractivity contribution in [3.63, 3.8) is 0 Å². The maximum Gasteiger partial charge on any atom is 0.233 e. The van der Waals surface area contributed by atoms with Crippen molar-refractivity contribution in [3.8, 4) is 0 Å². The van der Waals surface area contributed by atoms with Gasteiger partial charge < -0.3 is 10.6 Å². The average Bonchev–Trinajstić information content (AvgIpc) is 3.06. The van der Waals surface area contributed by atoms with Gasteiger partial charge in [-0.3, -0.25) is 4.79 Å². The topological polar surface area (TPSA) is 41.1 Å². The minimum Gasteiger partial charge on any atom is -0.351 e. The molecule has 1 aliphatic rings. The van der Waals surface area contributed by atoms with E-state index in [1.807, 2.05) is 30.3 Å². The van der Waals surface area contributed by atoms with Gasteiger partial charge in [-0.1, -0.05) is 43.3 Å². The van der Waals surface area contributed by atoms with Crippen molar-refractivity contribution in [1.29, 1.82) is 0 Å². The first kappa shape index (κ1) is 16.1. The number of carbonyl (C=O) groups is 1. The van der Waals surface area contributed by atoms with Crippen molar-refractivity contribution in [2.75, 3.05) is 0 Å². The summed E-state index contributed by atoms with van der Waals surface area (Å²) in [6.45, 7) is 4.53. The predicted molar refractivity (Wildman–Crippen MR) is 95.2 cm³/mol. The molecule has 4 heteroatoms. The molecule has 0 aliphatic carbocycles. The minimum atomic E-state index is -0.0477. The maximum atomic E-state index is 12.4. The van der Waals surface area contributed by atoms with Gasteiger partial charge in [0.25, 0.3) is 0 Å². The molecule has 0 bridgehead atoms. The maximum absolute atomic E-state index is 12.4. The number of carbonyl (C=O) groups excluding carboxylic acids is 1. The molecule has 2 N–H and O–H groups in total. The number of amides is 1. The Hall–Kier alpha value is -1.78. The number of fused-ring (bicyclic) bond motifs is 1. The molecule has 3 rings (SSSR count). The van der Waals surface area contributed by atoms with Gasteiger partial charge >= 0.3 is 0 Å². The van der Waals surface area contributed by atoms with Gasteiger partial charge in [0, 0.05) is 24.5 Å². The summed E-state index contributed by atoms with van der Waals surface area (Å²) in [6, 6.07) is 16.6. The second-order valence-electron chi connectivity index (χ2n) is 5.75. The molecule has 1 atom stereocenters. The standard InChI is InChI=1S/C19H22N2OS/c1-2-18(23-17-6-4-3-5-7-17)19(22)21-11-14-8-9-15-12-20-13-16(15)10-14/h3-10,18,20H,2,11-13H2,1H3,(H,21,22). The van der Waals surface area contributed by atoms with Crippen molar-refractivity contribution < 1.29 is 4.79 Å². The van der Waals surface area contributed by atoms with Gasteiger partial charge in [0.15, 0.2) is 0 Å². The van der Waals surface area contributed by atoms with Crippen LogP contribution < -0.4 is 10.6 Å². The van der Waals surface area contributed by atoms with Crippen LogP contribution in [0.2, 0.25) is 0 Å². The second-order valence-corrected chi connectivity index (χ2v) is 7.03. The molecular formula is C19H22N2OS. The van der Waals surface area contributed by atoms with Crippen molar-refractivity contribution >= 4 is 17.7 Å². The Morgan fingerprint density at radius 1 is 1.17 bits per heavy atom. The zero-order chi connectivity index (χ0) is 16.1. The normalized spacial score (nSPS) is 14.3. The predicted octanol–water partition coefficient (Wildman–Crippen LogP) is 3.48. The third-order valence-corrected chi connectivity index (χ3v) is 5.43. The summed E-state index contributed by atoms with van der Waals surface area (Å²) >= 11 is 1.63. The Balaban J connectivity index is 1.57. The van der Waals surface area contributed by atoms with Crippen LogP contribution in [0.1, 0.15) is 30.0 Å². The average molecular weight is 326 g/mol. The Bertz CT molecular complexity index is 672. The molecule has 1 amide bonds. The summed E-state index contributed by atoms with van der Waals surface area (Å²) in [7, 11) is 0. The van der Waals surface area contributed by atoms with Crippen LogP contribution in [-0.4, -0.2) is 11.2 Å². The first-order valence-electron chi connectivity index (χ1n) is 8.07. The third kappa shape index (κ3) is 4.15.